The highest BCUT2D eigenvalue weighted by Gasteiger charge is 2.56. The Morgan fingerprint density at radius 3 is 2.51 bits per heavy atom. The van der Waals surface area contributed by atoms with Gasteiger partial charge in [-0.1, -0.05) is 28.4 Å². The average molecular weight is 620 g/mol. The number of aromatic nitrogens is 3. The number of thiazole rings is 1. The molecule has 0 saturated heterocycles. The number of hydrogen-bond acceptors (Lipinski definition) is 8. The molecule has 2 atom stereocenters. The first-order chi connectivity index (χ1) is 19.6. The monoisotopic (exact) mass is 619 g/mol. The predicted octanol–water partition coefficient (Wildman–Crippen LogP) is 6.20. The number of fused-ring (bicyclic) bond motifs is 3. The molecule has 0 amide bonds. The van der Waals surface area contributed by atoms with Crippen LogP contribution in [0.3, 0.4) is 0 Å². The van der Waals surface area contributed by atoms with Gasteiger partial charge in [-0.3, -0.25) is 0 Å². The van der Waals surface area contributed by atoms with E-state index in [0.717, 1.165) is 54.4 Å². The number of aliphatic hydroxyl groups is 1. The topological polar surface area (TPSA) is 133 Å². The van der Waals surface area contributed by atoms with Gasteiger partial charge in [-0.2, -0.15) is 4.73 Å². The van der Waals surface area contributed by atoms with E-state index in [1.54, 1.807) is 0 Å². The van der Waals surface area contributed by atoms with Crippen LogP contribution >= 0.6 is 34.5 Å². The lowest BCUT2D eigenvalue weighted by atomic mass is 9.73. The van der Waals surface area contributed by atoms with Crippen LogP contribution < -0.4 is 4.73 Å². The maximum absolute atomic E-state index is 14.7. The van der Waals surface area contributed by atoms with E-state index in [9.17, 15) is 24.6 Å². The summed E-state index contributed by atoms with van der Waals surface area (Å²) in [5.74, 6) is -1.25. The first-order valence-corrected chi connectivity index (χ1v) is 14.9. The Morgan fingerprint density at radius 2 is 1.88 bits per heavy atom. The Balaban J connectivity index is 1.14. The number of rotatable bonds is 7. The van der Waals surface area contributed by atoms with Crippen LogP contribution in [-0.2, 0) is 16.9 Å². The van der Waals surface area contributed by atoms with Crippen LogP contribution in [0.25, 0.3) is 21.5 Å². The molecule has 214 valence electrons. The molecular weight excluding hydrogens is 596 g/mol. The van der Waals surface area contributed by atoms with Crippen LogP contribution in [0.15, 0.2) is 29.0 Å². The fourth-order valence-electron chi connectivity index (χ4n) is 6.53. The van der Waals surface area contributed by atoms with Gasteiger partial charge in [-0.25, -0.2) is 14.2 Å². The number of carbonyl (C=O) groups is 1. The summed E-state index contributed by atoms with van der Waals surface area (Å²) < 4.78 is 27.8. The molecule has 3 saturated carbocycles. The normalized spacial score (nSPS) is 25.7. The smallest absolute Gasteiger partial charge is 0.335 e. The molecule has 9 nitrogen and oxygen atoms in total. The fraction of sp³-hybridized carbons (Fsp3) is 0.429. The Morgan fingerprint density at radius 1 is 1.20 bits per heavy atom. The molecule has 1 aromatic carbocycles. The third kappa shape index (κ3) is 4.49. The molecule has 2 N–H and O–H groups in total. The minimum absolute atomic E-state index is 0.0783. The molecule has 7 rings (SSSR count). The van der Waals surface area contributed by atoms with Crippen molar-refractivity contribution in [3.8, 4) is 11.3 Å². The van der Waals surface area contributed by atoms with E-state index < -0.39 is 17.4 Å². The molecule has 3 fully saturated rings. The van der Waals surface area contributed by atoms with Crippen molar-refractivity contribution >= 4 is 50.7 Å². The third-order valence-electron chi connectivity index (χ3n) is 8.67. The predicted molar refractivity (Wildman–Crippen MR) is 147 cm³/mol. The van der Waals surface area contributed by atoms with E-state index >= 15 is 0 Å². The zero-order valence-electron chi connectivity index (χ0n) is 21.5. The first-order valence-electron chi connectivity index (χ1n) is 13.4. The Bertz CT molecular complexity index is 1670. The molecule has 3 aliphatic carbocycles. The molecule has 4 aromatic rings. The highest BCUT2D eigenvalue weighted by atomic mass is 35.5. The molecule has 41 heavy (non-hydrogen) atoms. The quantitative estimate of drug-likeness (QED) is 0.184. The van der Waals surface area contributed by atoms with E-state index in [0.29, 0.717) is 38.5 Å². The minimum Gasteiger partial charge on any atom is -0.619 e. The molecule has 3 heterocycles. The van der Waals surface area contributed by atoms with Crippen molar-refractivity contribution in [3.05, 3.63) is 67.5 Å². The van der Waals surface area contributed by atoms with Gasteiger partial charge in [-0.15, -0.1) is 11.3 Å². The maximum atomic E-state index is 14.7. The van der Waals surface area contributed by atoms with Crippen molar-refractivity contribution in [2.45, 2.75) is 62.8 Å². The van der Waals surface area contributed by atoms with Gasteiger partial charge in [0.1, 0.15) is 37.6 Å². The Hall–Kier alpha value is -2.83. The van der Waals surface area contributed by atoms with Crippen molar-refractivity contribution in [1.82, 2.24) is 10.1 Å². The summed E-state index contributed by atoms with van der Waals surface area (Å²) in [4.78, 5) is 15.8. The van der Waals surface area contributed by atoms with Gasteiger partial charge < -0.3 is 24.7 Å². The van der Waals surface area contributed by atoms with Gasteiger partial charge in [0, 0.05) is 11.5 Å². The largest absolute Gasteiger partial charge is 0.619 e. The summed E-state index contributed by atoms with van der Waals surface area (Å²) in [6, 6.07) is 2.36. The molecule has 0 aliphatic heterocycles. The SMILES string of the molecule is O=C(O)c1cc(F)c2nc(C3(O)C4CCC3CC(OCc3c(-c5c(Cl)c[n+]([O-])cc5Cl)noc3C3CC3)C4)sc2c1. The Labute approximate surface area is 247 Å². The number of benzene rings is 1. The number of ether oxygens (including phenoxy) is 1. The van der Waals surface area contributed by atoms with E-state index in [2.05, 4.69) is 10.1 Å². The van der Waals surface area contributed by atoms with Crippen LogP contribution in [0.1, 0.15) is 71.1 Å². The summed E-state index contributed by atoms with van der Waals surface area (Å²) in [7, 11) is 0. The molecule has 13 heteroatoms. The maximum Gasteiger partial charge on any atom is 0.335 e. The van der Waals surface area contributed by atoms with Gasteiger partial charge in [0.2, 0.25) is 0 Å². The van der Waals surface area contributed by atoms with E-state index in [-0.39, 0.29) is 51.6 Å². The minimum atomic E-state index is -1.24. The van der Waals surface area contributed by atoms with Crippen LogP contribution in [0.2, 0.25) is 10.0 Å². The molecule has 0 radical (unpaired) electrons. The lowest BCUT2D eigenvalue weighted by Crippen LogP contribution is -2.44. The average Bonchev–Trinajstić information content (AvgIpc) is 3.49. The summed E-state index contributed by atoms with van der Waals surface area (Å²) in [5.41, 5.74) is 0.316. The van der Waals surface area contributed by atoms with Gasteiger partial charge >= 0.3 is 5.97 Å². The van der Waals surface area contributed by atoms with Crippen LogP contribution in [-0.4, -0.2) is 32.4 Å². The van der Waals surface area contributed by atoms with Crippen molar-refractivity contribution in [1.29, 1.82) is 0 Å². The number of hydrogen-bond donors (Lipinski definition) is 2. The molecule has 3 aliphatic rings. The van der Waals surface area contributed by atoms with Crippen molar-refractivity contribution < 1.29 is 33.4 Å². The van der Waals surface area contributed by atoms with Crippen LogP contribution in [0.4, 0.5) is 4.39 Å². The number of nitrogens with zero attached hydrogens (tertiary/aromatic N) is 3. The molecule has 2 unspecified atom stereocenters. The van der Waals surface area contributed by atoms with Crippen molar-refractivity contribution in [2.24, 2.45) is 11.8 Å². The lowest BCUT2D eigenvalue weighted by Gasteiger charge is -2.41. The standard InChI is InChI=1S/C28H24Cl2FN3O6S/c29-18-9-34(38)10-19(30)22(18)23-17(25(40-33-23)12-1-2-12)11-39-16-7-14-3-4-15(8-16)28(14,37)27-32-24-20(31)5-13(26(35)36)6-21(24)41-27/h5-6,9-10,12,14-16,37H,1-4,7-8,11H2,(H,35,36). The number of halogens is 3. The second kappa shape index (κ2) is 9.88. The summed E-state index contributed by atoms with van der Waals surface area (Å²) in [5, 5.41) is 38.0. The number of aromatic carboxylic acids is 1. The Kier molecular flexibility index (Phi) is 6.51. The van der Waals surface area contributed by atoms with E-state index in [1.807, 2.05) is 0 Å². The van der Waals surface area contributed by atoms with Crippen molar-refractivity contribution in [3.63, 3.8) is 0 Å². The summed E-state index contributed by atoms with van der Waals surface area (Å²) in [6.07, 6.45) is 6.95. The second-order valence-corrected chi connectivity index (χ2v) is 13.0. The third-order valence-corrected chi connectivity index (χ3v) is 10.4. The van der Waals surface area contributed by atoms with E-state index in [4.69, 9.17) is 32.5 Å². The summed E-state index contributed by atoms with van der Waals surface area (Å²) in [6.45, 7) is 0.205. The molecule has 3 aromatic heterocycles. The van der Waals surface area contributed by atoms with E-state index in [1.165, 1.54) is 18.5 Å². The van der Waals surface area contributed by atoms with Gasteiger partial charge in [0.05, 0.1) is 28.5 Å². The zero-order chi connectivity index (χ0) is 28.6. The highest BCUT2D eigenvalue weighted by molar-refractivity contribution is 7.18. The lowest BCUT2D eigenvalue weighted by molar-refractivity contribution is -0.605. The number of carboxylic acids is 1. The number of pyridine rings is 1. The summed E-state index contributed by atoms with van der Waals surface area (Å²) >= 11 is 13.9. The van der Waals surface area contributed by atoms with Gasteiger partial charge in [0.15, 0.2) is 18.2 Å². The van der Waals surface area contributed by atoms with Crippen LogP contribution in [0, 0.1) is 22.9 Å². The molecular formula is C28H24Cl2FN3O6S. The van der Waals surface area contributed by atoms with Gasteiger partial charge in [0.25, 0.3) is 0 Å². The van der Waals surface area contributed by atoms with Crippen molar-refractivity contribution in [2.75, 3.05) is 0 Å². The molecule has 0 spiro atoms. The number of carboxylic acid groups (broad SMARTS) is 1. The van der Waals surface area contributed by atoms with Gasteiger partial charge in [-0.05, 0) is 62.5 Å². The van der Waals surface area contributed by atoms with Crippen LogP contribution in [0.5, 0.6) is 0 Å². The molecule has 2 bridgehead atoms. The zero-order valence-corrected chi connectivity index (χ0v) is 23.8. The first kappa shape index (κ1) is 27.0. The second-order valence-electron chi connectivity index (χ2n) is 11.2. The fourth-order valence-corrected chi connectivity index (χ4v) is 8.42. The highest BCUT2D eigenvalue weighted by Crippen LogP contribution is 2.57.